The molecule has 0 aromatic carbocycles. The molecule has 128 valence electrons. The summed E-state index contributed by atoms with van der Waals surface area (Å²) in [5.74, 6) is 0.895. The highest BCUT2D eigenvalue weighted by atomic mass is 16.7. The number of carbonyl (C=O) groups excluding carboxylic acids is 1. The zero-order chi connectivity index (χ0) is 15.7. The second-order valence-corrected chi connectivity index (χ2v) is 7.53. The quantitative estimate of drug-likeness (QED) is 0.432. The fraction of sp³-hybridized carbons (Fsp3) is 0.947. The van der Waals surface area contributed by atoms with Crippen molar-refractivity contribution in [3.05, 3.63) is 0 Å². The molecule has 0 aromatic rings. The molecule has 3 nitrogen and oxygen atoms in total. The van der Waals surface area contributed by atoms with Crippen molar-refractivity contribution in [2.24, 2.45) is 11.8 Å². The number of hydrogen-bond acceptors (Lipinski definition) is 3. The second-order valence-electron chi connectivity index (χ2n) is 7.53. The van der Waals surface area contributed by atoms with Crippen LogP contribution < -0.4 is 0 Å². The van der Waals surface area contributed by atoms with Gasteiger partial charge >= 0.3 is 0 Å². The van der Waals surface area contributed by atoms with Crippen LogP contribution in [0.2, 0.25) is 0 Å². The monoisotopic (exact) mass is 310 g/mol. The van der Waals surface area contributed by atoms with Crippen LogP contribution in [0, 0.1) is 11.8 Å². The first-order valence-corrected chi connectivity index (χ1v) is 9.47. The zero-order valence-electron chi connectivity index (χ0n) is 14.4. The van der Waals surface area contributed by atoms with E-state index < -0.39 is 5.79 Å². The molecule has 22 heavy (non-hydrogen) atoms. The Morgan fingerprint density at radius 2 is 1.45 bits per heavy atom. The van der Waals surface area contributed by atoms with Gasteiger partial charge in [-0.25, -0.2) is 0 Å². The molecule has 0 N–H and O–H groups in total. The summed E-state index contributed by atoms with van der Waals surface area (Å²) in [6.45, 7) is 3.21. The van der Waals surface area contributed by atoms with Crippen LogP contribution >= 0.6 is 0 Å². The lowest BCUT2D eigenvalue weighted by atomic mass is 9.85. The SMILES string of the molecule is CC(CCC1CCCCC1)(OC=O)OCCC1CCCCC1. The lowest BCUT2D eigenvalue weighted by Gasteiger charge is -2.31. The van der Waals surface area contributed by atoms with E-state index in [1.807, 2.05) is 6.92 Å². The minimum atomic E-state index is -0.714. The third kappa shape index (κ3) is 6.28. The smallest absolute Gasteiger partial charge is 0.295 e. The van der Waals surface area contributed by atoms with E-state index >= 15 is 0 Å². The van der Waals surface area contributed by atoms with Crippen molar-refractivity contribution in [2.45, 2.75) is 96.2 Å². The van der Waals surface area contributed by atoms with Crippen LogP contribution in [0.3, 0.4) is 0 Å². The summed E-state index contributed by atoms with van der Waals surface area (Å²) >= 11 is 0. The van der Waals surface area contributed by atoms with Crippen LogP contribution in [-0.2, 0) is 14.3 Å². The van der Waals surface area contributed by atoms with Gasteiger partial charge in [-0.3, -0.25) is 4.79 Å². The summed E-state index contributed by atoms with van der Waals surface area (Å²) in [6, 6.07) is 0. The van der Waals surface area contributed by atoms with Crippen LogP contribution in [0.1, 0.15) is 90.4 Å². The van der Waals surface area contributed by atoms with Crippen LogP contribution in [0.5, 0.6) is 0 Å². The van der Waals surface area contributed by atoms with Gasteiger partial charge in [-0.05, 0) is 24.7 Å². The zero-order valence-corrected chi connectivity index (χ0v) is 14.4. The highest BCUT2D eigenvalue weighted by Crippen LogP contribution is 2.32. The molecular weight excluding hydrogens is 276 g/mol. The van der Waals surface area contributed by atoms with Gasteiger partial charge < -0.3 is 9.47 Å². The van der Waals surface area contributed by atoms with Crippen molar-refractivity contribution in [1.82, 2.24) is 0 Å². The van der Waals surface area contributed by atoms with Gasteiger partial charge in [0.1, 0.15) is 0 Å². The molecule has 0 saturated heterocycles. The highest BCUT2D eigenvalue weighted by molar-refractivity contribution is 5.37. The van der Waals surface area contributed by atoms with Gasteiger partial charge in [-0.15, -0.1) is 0 Å². The Hall–Kier alpha value is -0.570. The summed E-state index contributed by atoms with van der Waals surface area (Å²) < 4.78 is 11.3. The van der Waals surface area contributed by atoms with Crippen molar-refractivity contribution in [2.75, 3.05) is 6.61 Å². The van der Waals surface area contributed by atoms with E-state index in [9.17, 15) is 4.79 Å². The molecule has 0 aliphatic heterocycles. The molecule has 2 saturated carbocycles. The van der Waals surface area contributed by atoms with Crippen molar-refractivity contribution >= 4 is 6.47 Å². The summed E-state index contributed by atoms with van der Waals surface area (Å²) in [5, 5.41) is 0. The minimum Gasteiger partial charge on any atom is -0.436 e. The fourth-order valence-corrected chi connectivity index (χ4v) is 4.13. The molecule has 0 radical (unpaired) electrons. The second kappa shape index (κ2) is 9.54. The van der Waals surface area contributed by atoms with Gasteiger partial charge in [0.25, 0.3) is 6.47 Å². The van der Waals surface area contributed by atoms with Gasteiger partial charge in [0, 0.05) is 13.3 Å². The summed E-state index contributed by atoms with van der Waals surface area (Å²) in [5.41, 5.74) is 0. The predicted octanol–water partition coefficient (Wildman–Crippen LogP) is 5.22. The van der Waals surface area contributed by atoms with Crippen LogP contribution in [-0.4, -0.2) is 18.9 Å². The molecule has 0 bridgehead atoms. The van der Waals surface area contributed by atoms with Crippen molar-refractivity contribution < 1.29 is 14.3 Å². The molecular formula is C19H34O3. The summed E-state index contributed by atoms with van der Waals surface area (Å²) in [7, 11) is 0. The molecule has 0 aromatic heterocycles. The Bertz CT molecular complexity index is 306. The molecule has 0 heterocycles. The third-order valence-corrected chi connectivity index (χ3v) is 5.69. The Morgan fingerprint density at radius 1 is 0.909 bits per heavy atom. The molecule has 1 unspecified atom stereocenters. The summed E-state index contributed by atoms with van der Waals surface area (Å²) in [6.07, 6.45) is 16.7. The first-order valence-electron chi connectivity index (χ1n) is 9.47. The average Bonchev–Trinajstić information content (AvgIpc) is 2.55. The third-order valence-electron chi connectivity index (χ3n) is 5.69. The van der Waals surface area contributed by atoms with E-state index in [0.717, 1.165) is 37.7 Å². The summed E-state index contributed by atoms with van der Waals surface area (Å²) in [4.78, 5) is 10.8. The van der Waals surface area contributed by atoms with Gasteiger partial charge in [0.05, 0.1) is 6.61 Å². The molecule has 1 atom stereocenters. The topological polar surface area (TPSA) is 35.5 Å². The molecule has 0 amide bonds. The van der Waals surface area contributed by atoms with Crippen molar-refractivity contribution in [1.29, 1.82) is 0 Å². The predicted molar refractivity (Wildman–Crippen MR) is 88.5 cm³/mol. The molecule has 2 aliphatic rings. The molecule has 0 spiro atoms. The van der Waals surface area contributed by atoms with Crippen LogP contribution in [0.15, 0.2) is 0 Å². The van der Waals surface area contributed by atoms with Gasteiger partial charge in [-0.1, -0.05) is 64.2 Å². The molecule has 2 fully saturated rings. The maximum absolute atomic E-state index is 10.8. The molecule has 2 rings (SSSR count). The van der Waals surface area contributed by atoms with E-state index in [-0.39, 0.29) is 0 Å². The van der Waals surface area contributed by atoms with Gasteiger partial charge in [-0.2, -0.15) is 0 Å². The van der Waals surface area contributed by atoms with Gasteiger partial charge in [0.2, 0.25) is 5.79 Å². The highest BCUT2D eigenvalue weighted by Gasteiger charge is 2.29. The number of ether oxygens (including phenoxy) is 2. The first-order chi connectivity index (χ1) is 10.7. The maximum atomic E-state index is 10.8. The van der Waals surface area contributed by atoms with E-state index in [4.69, 9.17) is 9.47 Å². The Kier molecular flexibility index (Phi) is 7.71. The fourth-order valence-electron chi connectivity index (χ4n) is 4.13. The number of rotatable bonds is 9. The Labute approximate surface area is 136 Å². The van der Waals surface area contributed by atoms with E-state index in [0.29, 0.717) is 6.47 Å². The lowest BCUT2D eigenvalue weighted by Crippen LogP contribution is -2.33. The largest absolute Gasteiger partial charge is 0.436 e. The van der Waals surface area contributed by atoms with E-state index in [1.165, 1.54) is 64.2 Å². The number of carbonyl (C=O) groups is 1. The molecule has 3 heteroatoms. The molecule has 2 aliphatic carbocycles. The van der Waals surface area contributed by atoms with Crippen LogP contribution in [0.4, 0.5) is 0 Å². The average molecular weight is 310 g/mol. The standard InChI is InChI=1S/C19H34O3/c1-19(22-16-20,14-12-17-8-4-2-5-9-17)21-15-13-18-10-6-3-7-11-18/h16-18H,2-15H2,1H3. The van der Waals surface area contributed by atoms with Gasteiger partial charge in [0.15, 0.2) is 0 Å². The van der Waals surface area contributed by atoms with Crippen LogP contribution in [0.25, 0.3) is 0 Å². The Balaban J connectivity index is 1.69. The van der Waals surface area contributed by atoms with Crippen molar-refractivity contribution in [3.63, 3.8) is 0 Å². The lowest BCUT2D eigenvalue weighted by molar-refractivity contribution is -0.218. The minimum absolute atomic E-state index is 0.557. The Morgan fingerprint density at radius 3 is 2.00 bits per heavy atom. The van der Waals surface area contributed by atoms with Crippen molar-refractivity contribution in [3.8, 4) is 0 Å². The normalized spacial score (nSPS) is 23.9. The maximum Gasteiger partial charge on any atom is 0.295 e. The number of hydrogen-bond donors (Lipinski definition) is 0. The van der Waals surface area contributed by atoms with E-state index in [2.05, 4.69) is 0 Å². The first kappa shape index (κ1) is 17.8. The van der Waals surface area contributed by atoms with E-state index in [1.54, 1.807) is 0 Å².